The van der Waals surface area contributed by atoms with E-state index in [1.807, 2.05) is 33.1 Å². The summed E-state index contributed by atoms with van der Waals surface area (Å²) in [5, 5.41) is 5.78. The first-order valence-electron chi connectivity index (χ1n) is 7.11. The Hall–Kier alpha value is -1.43. The highest BCUT2D eigenvalue weighted by Gasteiger charge is 2.38. The van der Waals surface area contributed by atoms with E-state index in [-0.39, 0.29) is 12.5 Å². The van der Waals surface area contributed by atoms with Crippen molar-refractivity contribution in [3.8, 4) is 0 Å². The zero-order chi connectivity index (χ0) is 16.0. The largest absolute Gasteiger partial charge is 0.465 e. The SMILES string of the molecule is CCOC(=O)C(C(=O)NCCc1nc(C)cs1)C(C)(C)C. The van der Waals surface area contributed by atoms with Crippen molar-refractivity contribution in [1.82, 2.24) is 10.3 Å². The fourth-order valence-electron chi connectivity index (χ4n) is 1.99. The second-order valence-electron chi connectivity index (χ2n) is 5.97. The average molecular weight is 312 g/mol. The normalized spacial score (nSPS) is 12.8. The van der Waals surface area contributed by atoms with Crippen molar-refractivity contribution in [3.05, 3.63) is 16.1 Å². The summed E-state index contributed by atoms with van der Waals surface area (Å²) in [5.74, 6) is -1.54. The molecule has 1 amide bonds. The van der Waals surface area contributed by atoms with Crippen LogP contribution < -0.4 is 5.32 Å². The minimum absolute atomic E-state index is 0.275. The van der Waals surface area contributed by atoms with Crippen LogP contribution in [0.4, 0.5) is 0 Å². The first-order valence-corrected chi connectivity index (χ1v) is 7.99. The molecule has 0 fully saturated rings. The summed E-state index contributed by atoms with van der Waals surface area (Å²) in [6, 6.07) is 0. The van der Waals surface area contributed by atoms with E-state index in [1.165, 1.54) is 0 Å². The van der Waals surface area contributed by atoms with Gasteiger partial charge in [0.2, 0.25) is 5.91 Å². The average Bonchev–Trinajstić information content (AvgIpc) is 2.73. The lowest BCUT2D eigenvalue weighted by atomic mass is 9.80. The third-order valence-electron chi connectivity index (χ3n) is 2.96. The Morgan fingerprint density at radius 2 is 2.10 bits per heavy atom. The van der Waals surface area contributed by atoms with E-state index in [4.69, 9.17) is 4.74 Å². The molecule has 0 aliphatic heterocycles. The summed E-state index contributed by atoms with van der Waals surface area (Å²) in [4.78, 5) is 28.6. The Labute approximate surface area is 130 Å². The molecule has 0 aliphatic rings. The molecule has 5 nitrogen and oxygen atoms in total. The van der Waals surface area contributed by atoms with E-state index in [1.54, 1.807) is 18.3 Å². The predicted octanol–water partition coefficient (Wildman–Crippen LogP) is 2.34. The minimum Gasteiger partial charge on any atom is -0.465 e. The van der Waals surface area contributed by atoms with Crippen molar-refractivity contribution in [3.63, 3.8) is 0 Å². The van der Waals surface area contributed by atoms with Gasteiger partial charge in [-0.1, -0.05) is 20.8 Å². The van der Waals surface area contributed by atoms with E-state index in [0.717, 1.165) is 10.7 Å². The van der Waals surface area contributed by atoms with Gasteiger partial charge in [0.15, 0.2) is 0 Å². The lowest BCUT2D eigenvalue weighted by Gasteiger charge is -2.27. The van der Waals surface area contributed by atoms with E-state index >= 15 is 0 Å². The van der Waals surface area contributed by atoms with Crippen LogP contribution in [0.2, 0.25) is 0 Å². The second-order valence-corrected chi connectivity index (χ2v) is 6.92. The van der Waals surface area contributed by atoms with Crippen molar-refractivity contribution in [2.24, 2.45) is 11.3 Å². The Morgan fingerprint density at radius 1 is 1.43 bits per heavy atom. The Bertz CT molecular complexity index is 491. The van der Waals surface area contributed by atoms with Crippen LogP contribution in [0.3, 0.4) is 0 Å². The topological polar surface area (TPSA) is 68.3 Å². The molecule has 1 unspecified atom stereocenters. The quantitative estimate of drug-likeness (QED) is 0.646. The summed E-state index contributed by atoms with van der Waals surface area (Å²) in [6.07, 6.45) is 0.671. The second kappa shape index (κ2) is 7.54. The number of nitrogens with zero attached hydrogens (tertiary/aromatic N) is 1. The van der Waals surface area contributed by atoms with Gasteiger partial charge in [-0.3, -0.25) is 9.59 Å². The highest BCUT2D eigenvalue weighted by Crippen LogP contribution is 2.27. The van der Waals surface area contributed by atoms with Gasteiger partial charge in [-0.25, -0.2) is 4.98 Å². The monoisotopic (exact) mass is 312 g/mol. The number of hydrogen-bond acceptors (Lipinski definition) is 5. The zero-order valence-corrected chi connectivity index (χ0v) is 14.2. The lowest BCUT2D eigenvalue weighted by molar-refractivity contribution is -0.156. The maximum atomic E-state index is 12.3. The van der Waals surface area contributed by atoms with E-state index in [0.29, 0.717) is 13.0 Å². The van der Waals surface area contributed by atoms with Crippen LogP contribution >= 0.6 is 11.3 Å². The van der Waals surface area contributed by atoms with Gasteiger partial charge in [0, 0.05) is 24.0 Å². The molecule has 0 bridgehead atoms. The van der Waals surface area contributed by atoms with E-state index in [2.05, 4.69) is 10.3 Å². The summed E-state index contributed by atoms with van der Waals surface area (Å²) >= 11 is 1.58. The molecule has 1 rings (SSSR count). The molecular formula is C15H24N2O3S. The maximum Gasteiger partial charge on any atom is 0.319 e. The number of rotatable bonds is 6. The van der Waals surface area contributed by atoms with Crippen LogP contribution in [-0.4, -0.2) is 30.0 Å². The van der Waals surface area contributed by atoms with Crippen molar-refractivity contribution >= 4 is 23.2 Å². The molecule has 1 N–H and O–H groups in total. The van der Waals surface area contributed by atoms with Gasteiger partial charge in [-0.05, 0) is 19.3 Å². The highest BCUT2D eigenvalue weighted by atomic mass is 32.1. The third-order valence-corrected chi connectivity index (χ3v) is 3.98. The molecule has 0 aliphatic carbocycles. The van der Waals surface area contributed by atoms with Gasteiger partial charge in [0.1, 0.15) is 5.92 Å². The number of nitrogens with one attached hydrogen (secondary N) is 1. The fourth-order valence-corrected chi connectivity index (χ4v) is 2.77. The van der Waals surface area contributed by atoms with Crippen molar-refractivity contribution in [2.45, 2.75) is 41.0 Å². The third kappa shape index (κ3) is 5.46. The summed E-state index contributed by atoms with van der Waals surface area (Å²) in [7, 11) is 0. The highest BCUT2D eigenvalue weighted by molar-refractivity contribution is 7.09. The van der Waals surface area contributed by atoms with E-state index in [9.17, 15) is 9.59 Å². The predicted molar refractivity (Wildman–Crippen MR) is 83.1 cm³/mol. The van der Waals surface area contributed by atoms with Gasteiger partial charge >= 0.3 is 5.97 Å². The van der Waals surface area contributed by atoms with Gasteiger partial charge in [0.25, 0.3) is 0 Å². The Kier molecular flexibility index (Phi) is 6.33. The number of amides is 1. The molecule has 0 saturated heterocycles. The summed E-state index contributed by atoms with van der Waals surface area (Å²) in [6.45, 7) is 10.00. The molecular weight excluding hydrogens is 288 g/mol. The number of hydrogen-bond donors (Lipinski definition) is 1. The first-order chi connectivity index (χ1) is 9.75. The molecule has 6 heteroatoms. The van der Waals surface area contributed by atoms with Crippen LogP contribution in [0.5, 0.6) is 0 Å². The van der Waals surface area contributed by atoms with Crippen LogP contribution in [0.1, 0.15) is 38.4 Å². The van der Waals surface area contributed by atoms with Gasteiger partial charge in [-0.15, -0.1) is 11.3 Å². The van der Waals surface area contributed by atoms with Crippen molar-refractivity contribution < 1.29 is 14.3 Å². The number of aryl methyl sites for hydroxylation is 1. The van der Waals surface area contributed by atoms with Gasteiger partial charge in [0.05, 0.1) is 11.6 Å². The molecule has 1 heterocycles. The number of carbonyl (C=O) groups is 2. The van der Waals surface area contributed by atoms with Crippen LogP contribution in [0, 0.1) is 18.3 Å². The fraction of sp³-hybridized carbons (Fsp3) is 0.667. The Balaban J connectivity index is 2.58. The Morgan fingerprint density at radius 3 is 2.57 bits per heavy atom. The molecule has 0 saturated carbocycles. The molecule has 1 aromatic rings. The number of esters is 1. The van der Waals surface area contributed by atoms with Crippen LogP contribution in [-0.2, 0) is 20.7 Å². The molecule has 0 radical (unpaired) electrons. The molecule has 0 aromatic carbocycles. The van der Waals surface area contributed by atoms with Crippen molar-refractivity contribution in [2.75, 3.05) is 13.2 Å². The number of carbonyl (C=O) groups excluding carboxylic acids is 2. The molecule has 21 heavy (non-hydrogen) atoms. The van der Waals surface area contributed by atoms with E-state index < -0.39 is 17.3 Å². The lowest BCUT2D eigenvalue weighted by Crippen LogP contribution is -2.44. The minimum atomic E-state index is -0.796. The molecule has 1 atom stereocenters. The smallest absolute Gasteiger partial charge is 0.319 e. The summed E-state index contributed by atoms with van der Waals surface area (Å²) in [5.41, 5.74) is 0.508. The van der Waals surface area contributed by atoms with Crippen LogP contribution in [0.15, 0.2) is 5.38 Å². The standard InChI is InChI=1S/C15H24N2O3S/c1-6-20-14(19)12(15(3,4)5)13(18)16-8-7-11-17-10(2)9-21-11/h9,12H,6-8H2,1-5H3,(H,16,18). The number of thiazole rings is 1. The molecule has 1 aromatic heterocycles. The number of aromatic nitrogens is 1. The van der Waals surface area contributed by atoms with Crippen LogP contribution in [0.25, 0.3) is 0 Å². The van der Waals surface area contributed by atoms with Gasteiger partial charge in [-0.2, -0.15) is 0 Å². The first kappa shape index (κ1) is 17.6. The summed E-state index contributed by atoms with van der Waals surface area (Å²) < 4.78 is 5.01. The van der Waals surface area contributed by atoms with Crippen molar-refractivity contribution in [1.29, 1.82) is 0 Å². The maximum absolute atomic E-state index is 12.3. The van der Waals surface area contributed by atoms with Gasteiger partial charge < -0.3 is 10.1 Å². The molecule has 0 spiro atoms. The molecule has 118 valence electrons. The number of ether oxygens (including phenoxy) is 1. The zero-order valence-electron chi connectivity index (χ0n) is 13.4.